The van der Waals surface area contributed by atoms with Crippen molar-refractivity contribution in [2.24, 2.45) is 11.7 Å². The smallest absolute Gasteiger partial charge is 0.119 e. The number of ether oxygens (including phenoxy) is 1. The number of hydrogen-bond donors (Lipinski definition) is 1. The van der Waals surface area contributed by atoms with E-state index in [4.69, 9.17) is 10.5 Å². The summed E-state index contributed by atoms with van der Waals surface area (Å²) in [4.78, 5) is 0. The van der Waals surface area contributed by atoms with Gasteiger partial charge >= 0.3 is 0 Å². The summed E-state index contributed by atoms with van der Waals surface area (Å²) in [5.74, 6) is 1.74. The van der Waals surface area contributed by atoms with Gasteiger partial charge in [0.15, 0.2) is 0 Å². The van der Waals surface area contributed by atoms with Crippen LogP contribution in [-0.2, 0) is 6.54 Å². The Morgan fingerprint density at radius 2 is 2.00 bits per heavy atom. The monoisotopic (exact) mass is 271 g/mol. The highest BCUT2D eigenvalue weighted by molar-refractivity contribution is 5.62. The van der Waals surface area contributed by atoms with Crippen LogP contribution in [0.2, 0.25) is 0 Å². The predicted molar refractivity (Wildman–Crippen MR) is 79.6 cm³/mol. The molecule has 1 heterocycles. The largest absolute Gasteiger partial charge is 0.493 e. The first-order valence-corrected chi connectivity index (χ1v) is 7.31. The molecule has 0 radical (unpaired) electrons. The number of nitrogens with zero attached hydrogens (tertiary/aromatic N) is 2. The molecule has 20 heavy (non-hydrogen) atoms. The first-order chi connectivity index (χ1) is 9.85. The van der Waals surface area contributed by atoms with Gasteiger partial charge in [0.2, 0.25) is 0 Å². The van der Waals surface area contributed by atoms with E-state index in [1.54, 1.807) is 0 Å². The highest BCUT2D eigenvalue weighted by Crippen LogP contribution is 2.30. The van der Waals surface area contributed by atoms with Crippen molar-refractivity contribution in [1.29, 1.82) is 0 Å². The number of aromatic nitrogens is 2. The van der Waals surface area contributed by atoms with Gasteiger partial charge in [-0.3, -0.25) is 4.68 Å². The molecule has 3 rings (SSSR count). The second kappa shape index (κ2) is 6.09. The average molecular weight is 271 g/mol. The van der Waals surface area contributed by atoms with E-state index < -0.39 is 0 Å². The van der Waals surface area contributed by atoms with Gasteiger partial charge in [-0.15, -0.1) is 0 Å². The first-order valence-electron chi connectivity index (χ1n) is 7.31. The summed E-state index contributed by atoms with van der Waals surface area (Å²) in [5, 5.41) is 4.35. The Labute approximate surface area is 119 Å². The lowest BCUT2D eigenvalue weighted by molar-refractivity contribution is 0.300. The molecule has 1 aliphatic carbocycles. The summed E-state index contributed by atoms with van der Waals surface area (Å²) >= 11 is 0. The molecule has 4 heteroatoms. The Kier molecular flexibility index (Phi) is 4.02. The lowest BCUT2D eigenvalue weighted by Crippen LogP contribution is -2.05. The Bertz CT molecular complexity index is 543. The number of aryl methyl sites for hydroxylation is 1. The predicted octanol–water partition coefficient (Wildman–Crippen LogP) is 2.69. The molecule has 0 aliphatic heterocycles. The minimum Gasteiger partial charge on any atom is -0.493 e. The van der Waals surface area contributed by atoms with E-state index in [1.165, 1.54) is 18.4 Å². The van der Waals surface area contributed by atoms with Crippen LogP contribution < -0.4 is 10.5 Å². The molecule has 1 aromatic heterocycles. The van der Waals surface area contributed by atoms with E-state index >= 15 is 0 Å². The van der Waals surface area contributed by atoms with E-state index in [0.717, 1.165) is 36.8 Å². The lowest BCUT2D eigenvalue weighted by Gasteiger charge is -2.05. The second-order valence-corrected chi connectivity index (χ2v) is 5.41. The molecule has 2 N–H and O–H groups in total. The van der Waals surface area contributed by atoms with Crippen LogP contribution in [0.15, 0.2) is 36.7 Å². The molecule has 106 valence electrons. The average Bonchev–Trinajstić information content (AvgIpc) is 3.20. The molecule has 0 atom stereocenters. The van der Waals surface area contributed by atoms with Crippen LogP contribution in [0, 0.1) is 5.92 Å². The van der Waals surface area contributed by atoms with Crippen molar-refractivity contribution < 1.29 is 4.74 Å². The highest BCUT2D eigenvalue weighted by Gasteiger charge is 2.21. The molecule has 1 aliphatic rings. The fourth-order valence-electron chi connectivity index (χ4n) is 2.13. The molecule has 1 saturated carbocycles. The minimum atomic E-state index is 0.697. The van der Waals surface area contributed by atoms with E-state index in [1.807, 2.05) is 23.0 Å². The Hall–Kier alpha value is -1.81. The Morgan fingerprint density at radius 1 is 1.20 bits per heavy atom. The normalized spacial score (nSPS) is 14.4. The summed E-state index contributed by atoms with van der Waals surface area (Å²) in [5.41, 5.74) is 7.81. The zero-order valence-corrected chi connectivity index (χ0v) is 11.7. The molecule has 1 aromatic carbocycles. The number of hydrogen-bond acceptors (Lipinski definition) is 3. The fraction of sp³-hybridized carbons (Fsp3) is 0.438. The SMILES string of the molecule is NCCCn1cc(-c2ccc(OCC3CC3)cc2)cn1. The molecular formula is C16H21N3O. The lowest BCUT2D eigenvalue weighted by atomic mass is 10.1. The fourth-order valence-corrected chi connectivity index (χ4v) is 2.13. The van der Waals surface area contributed by atoms with Crippen molar-refractivity contribution in [1.82, 2.24) is 9.78 Å². The van der Waals surface area contributed by atoms with Crippen molar-refractivity contribution in [2.75, 3.05) is 13.2 Å². The topological polar surface area (TPSA) is 53.1 Å². The quantitative estimate of drug-likeness (QED) is 0.842. The maximum absolute atomic E-state index is 5.74. The van der Waals surface area contributed by atoms with Gasteiger partial charge in [0.25, 0.3) is 0 Å². The zero-order valence-electron chi connectivity index (χ0n) is 11.7. The molecule has 0 spiro atoms. The molecule has 1 fully saturated rings. The molecule has 0 bridgehead atoms. The third-order valence-corrected chi connectivity index (χ3v) is 3.59. The van der Waals surface area contributed by atoms with Crippen LogP contribution in [-0.4, -0.2) is 22.9 Å². The van der Waals surface area contributed by atoms with Crippen molar-refractivity contribution in [3.63, 3.8) is 0 Å². The molecule has 4 nitrogen and oxygen atoms in total. The maximum atomic E-state index is 5.74. The van der Waals surface area contributed by atoms with Gasteiger partial charge < -0.3 is 10.5 Å². The molecule has 0 saturated heterocycles. The highest BCUT2D eigenvalue weighted by atomic mass is 16.5. The van der Waals surface area contributed by atoms with Crippen molar-refractivity contribution in [3.8, 4) is 16.9 Å². The molecule has 2 aromatic rings. The van der Waals surface area contributed by atoms with E-state index in [9.17, 15) is 0 Å². The van der Waals surface area contributed by atoms with Gasteiger partial charge in [0, 0.05) is 18.3 Å². The van der Waals surface area contributed by atoms with Crippen LogP contribution in [0.25, 0.3) is 11.1 Å². The van der Waals surface area contributed by atoms with Crippen LogP contribution in [0.4, 0.5) is 0 Å². The molecule has 0 unspecified atom stereocenters. The molecule has 0 amide bonds. The molecular weight excluding hydrogens is 250 g/mol. The summed E-state index contributed by atoms with van der Waals surface area (Å²) in [6.07, 6.45) is 7.56. The van der Waals surface area contributed by atoms with Gasteiger partial charge in [0.1, 0.15) is 5.75 Å². The van der Waals surface area contributed by atoms with E-state index in [-0.39, 0.29) is 0 Å². The van der Waals surface area contributed by atoms with E-state index in [2.05, 4.69) is 23.4 Å². The Morgan fingerprint density at radius 3 is 2.70 bits per heavy atom. The minimum absolute atomic E-state index is 0.697. The van der Waals surface area contributed by atoms with Gasteiger partial charge in [0.05, 0.1) is 12.8 Å². The Balaban J connectivity index is 1.62. The van der Waals surface area contributed by atoms with Crippen LogP contribution in [0.1, 0.15) is 19.3 Å². The third-order valence-electron chi connectivity index (χ3n) is 3.59. The summed E-state index contributed by atoms with van der Waals surface area (Å²) in [6.45, 7) is 2.43. The summed E-state index contributed by atoms with van der Waals surface area (Å²) < 4.78 is 7.69. The van der Waals surface area contributed by atoms with Crippen molar-refractivity contribution in [2.45, 2.75) is 25.8 Å². The van der Waals surface area contributed by atoms with Gasteiger partial charge in [-0.1, -0.05) is 12.1 Å². The van der Waals surface area contributed by atoms with Crippen LogP contribution in [0.3, 0.4) is 0 Å². The number of rotatable bonds is 7. The van der Waals surface area contributed by atoms with Gasteiger partial charge in [-0.25, -0.2) is 0 Å². The second-order valence-electron chi connectivity index (χ2n) is 5.41. The van der Waals surface area contributed by atoms with Crippen LogP contribution >= 0.6 is 0 Å². The van der Waals surface area contributed by atoms with E-state index in [0.29, 0.717) is 6.54 Å². The van der Waals surface area contributed by atoms with Crippen molar-refractivity contribution >= 4 is 0 Å². The summed E-state index contributed by atoms with van der Waals surface area (Å²) in [7, 11) is 0. The zero-order chi connectivity index (χ0) is 13.8. The number of nitrogens with two attached hydrogens (primary N) is 1. The van der Waals surface area contributed by atoms with Crippen molar-refractivity contribution in [3.05, 3.63) is 36.7 Å². The van der Waals surface area contributed by atoms with Gasteiger partial charge in [-0.05, 0) is 49.4 Å². The standard InChI is InChI=1S/C16H21N3O/c17-8-1-9-19-11-15(10-18-19)14-4-6-16(7-5-14)20-12-13-2-3-13/h4-7,10-11,13H,1-3,8-9,12,17H2. The maximum Gasteiger partial charge on any atom is 0.119 e. The van der Waals surface area contributed by atoms with Gasteiger partial charge in [-0.2, -0.15) is 5.10 Å². The number of benzene rings is 1. The van der Waals surface area contributed by atoms with Crippen LogP contribution in [0.5, 0.6) is 5.75 Å². The first kappa shape index (κ1) is 13.2. The summed E-state index contributed by atoms with van der Waals surface area (Å²) in [6, 6.07) is 8.25. The third kappa shape index (κ3) is 3.39.